The number of aryl methyl sites for hydroxylation is 2. The Morgan fingerprint density at radius 1 is 1.28 bits per heavy atom. The van der Waals surface area contributed by atoms with Gasteiger partial charge in [-0.1, -0.05) is 36.6 Å². The van der Waals surface area contributed by atoms with Crippen LogP contribution in [0.3, 0.4) is 0 Å². The number of rotatable bonds is 5. The van der Waals surface area contributed by atoms with Gasteiger partial charge in [0.1, 0.15) is 6.10 Å². The molecule has 0 saturated heterocycles. The molecule has 1 aromatic rings. The van der Waals surface area contributed by atoms with Crippen molar-refractivity contribution < 1.29 is 9.84 Å². The molecule has 1 aliphatic carbocycles. The Hall–Kier alpha value is -0.860. The molecule has 1 aliphatic rings. The molecule has 1 saturated carbocycles. The van der Waals surface area contributed by atoms with Gasteiger partial charge >= 0.3 is 0 Å². The molecule has 1 fully saturated rings. The Balaban J connectivity index is 1.83. The second-order valence-electron chi connectivity index (χ2n) is 5.56. The Morgan fingerprint density at radius 3 is 2.72 bits per heavy atom. The fraction of sp³-hybridized carbons (Fsp3) is 0.625. The minimum Gasteiger partial charge on any atom is -0.386 e. The van der Waals surface area contributed by atoms with Crippen molar-refractivity contribution >= 4 is 0 Å². The average Bonchev–Trinajstić information content (AvgIpc) is 2.85. The summed E-state index contributed by atoms with van der Waals surface area (Å²) in [5, 5.41) is 10.2. The predicted molar refractivity (Wildman–Crippen MR) is 73.7 cm³/mol. The van der Waals surface area contributed by atoms with E-state index in [0.717, 1.165) is 23.7 Å². The summed E-state index contributed by atoms with van der Waals surface area (Å²) in [4.78, 5) is 0. The molecule has 1 atom stereocenters. The van der Waals surface area contributed by atoms with E-state index in [4.69, 9.17) is 4.74 Å². The second-order valence-corrected chi connectivity index (χ2v) is 5.56. The zero-order valence-electron chi connectivity index (χ0n) is 11.5. The van der Waals surface area contributed by atoms with E-state index in [0.29, 0.717) is 6.61 Å². The van der Waals surface area contributed by atoms with Crippen molar-refractivity contribution in [2.45, 2.75) is 45.6 Å². The summed E-state index contributed by atoms with van der Waals surface area (Å²) in [6.45, 7) is 5.31. The Bertz CT molecular complexity index is 381. The maximum atomic E-state index is 10.2. The van der Waals surface area contributed by atoms with Crippen LogP contribution < -0.4 is 0 Å². The number of aliphatic hydroxyl groups excluding tert-OH is 1. The van der Waals surface area contributed by atoms with E-state index in [-0.39, 0.29) is 0 Å². The van der Waals surface area contributed by atoms with E-state index < -0.39 is 6.10 Å². The van der Waals surface area contributed by atoms with Crippen LogP contribution in [-0.2, 0) is 4.74 Å². The molecule has 2 rings (SSSR count). The van der Waals surface area contributed by atoms with Crippen molar-refractivity contribution in [3.63, 3.8) is 0 Å². The zero-order valence-corrected chi connectivity index (χ0v) is 11.5. The average molecular weight is 248 g/mol. The molecule has 0 amide bonds. The monoisotopic (exact) mass is 248 g/mol. The molecule has 0 aromatic heterocycles. The number of aliphatic hydroxyl groups is 1. The summed E-state index contributed by atoms with van der Waals surface area (Å²) in [6.07, 6.45) is 4.77. The van der Waals surface area contributed by atoms with Gasteiger partial charge in [-0.05, 0) is 43.7 Å². The number of benzene rings is 1. The smallest absolute Gasteiger partial charge is 0.103 e. The quantitative estimate of drug-likeness (QED) is 0.863. The zero-order chi connectivity index (χ0) is 13.0. The van der Waals surface area contributed by atoms with Gasteiger partial charge in [0.05, 0.1) is 6.61 Å². The minimum absolute atomic E-state index is 0.417. The molecule has 0 heterocycles. The lowest BCUT2D eigenvalue weighted by Gasteiger charge is -2.16. The molecule has 0 bridgehead atoms. The molecular weight excluding hydrogens is 224 g/mol. The van der Waals surface area contributed by atoms with Crippen molar-refractivity contribution in [2.75, 3.05) is 13.2 Å². The largest absolute Gasteiger partial charge is 0.386 e. The topological polar surface area (TPSA) is 29.5 Å². The number of hydrogen-bond donors (Lipinski definition) is 1. The third-order valence-corrected chi connectivity index (χ3v) is 3.90. The third-order valence-electron chi connectivity index (χ3n) is 3.90. The van der Waals surface area contributed by atoms with Gasteiger partial charge in [-0.2, -0.15) is 0 Å². The summed E-state index contributed by atoms with van der Waals surface area (Å²) in [5.74, 6) is 0.718. The first-order valence-corrected chi connectivity index (χ1v) is 7.00. The fourth-order valence-electron chi connectivity index (χ4n) is 2.73. The Labute approximate surface area is 110 Å². The molecule has 0 radical (unpaired) electrons. The first-order chi connectivity index (χ1) is 8.66. The Kier molecular flexibility index (Phi) is 4.79. The summed E-state index contributed by atoms with van der Waals surface area (Å²) in [5.41, 5.74) is 3.32. The van der Waals surface area contributed by atoms with Crippen molar-refractivity contribution in [1.82, 2.24) is 0 Å². The van der Waals surface area contributed by atoms with Crippen LogP contribution in [0, 0.1) is 19.8 Å². The lowest BCUT2D eigenvalue weighted by Crippen LogP contribution is -2.13. The molecule has 18 heavy (non-hydrogen) atoms. The molecule has 2 nitrogen and oxygen atoms in total. The first kappa shape index (κ1) is 13.6. The maximum absolute atomic E-state index is 10.2. The van der Waals surface area contributed by atoms with E-state index in [9.17, 15) is 5.11 Å². The molecular formula is C16H24O2. The highest BCUT2D eigenvalue weighted by atomic mass is 16.5. The molecule has 0 aliphatic heterocycles. The predicted octanol–water partition coefficient (Wildman–Crippen LogP) is 3.54. The van der Waals surface area contributed by atoms with E-state index in [1.807, 2.05) is 6.92 Å². The highest BCUT2D eigenvalue weighted by molar-refractivity contribution is 5.32. The molecule has 1 unspecified atom stereocenters. The van der Waals surface area contributed by atoms with Crippen molar-refractivity contribution in [2.24, 2.45) is 5.92 Å². The first-order valence-electron chi connectivity index (χ1n) is 7.00. The van der Waals surface area contributed by atoms with Crippen LogP contribution in [0.2, 0.25) is 0 Å². The standard InChI is InChI=1S/C16H24O2/c1-12-7-8-13(2)15(9-12)16(17)11-18-10-14-5-3-4-6-14/h7-9,14,16-17H,3-6,10-11H2,1-2H3. The van der Waals surface area contributed by atoms with Gasteiger partial charge in [0.15, 0.2) is 0 Å². The lowest BCUT2D eigenvalue weighted by molar-refractivity contribution is 0.0209. The van der Waals surface area contributed by atoms with E-state index >= 15 is 0 Å². The number of ether oxygens (including phenoxy) is 1. The van der Waals surface area contributed by atoms with Gasteiger partial charge < -0.3 is 9.84 Å². The van der Waals surface area contributed by atoms with Crippen LogP contribution in [0.5, 0.6) is 0 Å². The van der Waals surface area contributed by atoms with Gasteiger partial charge in [0, 0.05) is 6.61 Å². The molecule has 1 aromatic carbocycles. The normalized spacial score (nSPS) is 18.2. The van der Waals surface area contributed by atoms with Crippen molar-refractivity contribution in [1.29, 1.82) is 0 Å². The van der Waals surface area contributed by atoms with Crippen LogP contribution in [0.15, 0.2) is 18.2 Å². The van der Waals surface area contributed by atoms with Crippen molar-refractivity contribution in [3.8, 4) is 0 Å². The third kappa shape index (κ3) is 3.56. The van der Waals surface area contributed by atoms with Crippen LogP contribution in [0.1, 0.15) is 48.5 Å². The fourth-order valence-corrected chi connectivity index (χ4v) is 2.73. The molecule has 2 heteroatoms. The van der Waals surface area contributed by atoms with E-state index in [1.54, 1.807) is 0 Å². The molecule has 1 N–H and O–H groups in total. The Morgan fingerprint density at radius 2 is 2.00 bits per heavy atom. The minimum atomic E-state index is -0.494. The van der Waals surface area contributed by atoms with Gasteiger partial charge in [0.25, 0.3) is 0 Å². The molecule has 100 valence electrons. The van der Waals surface area contributed by atoms with Gasteiger partial charge in [0.2, 0.25) is 0 Å². The maximum Gasteiger partial charge on any atom is 0.103 e. The number of hydrogen-bond acceptors (Lipinski definition) is 2. The van der Waals surface area contributed by atoms with Gasteiger partial charge in [-0.25, -0.2) is 0 Å². The second kappa shape index (κ2) is 6.35. The summed E-state index contributed by atoms with van der Waals surface area (Å²) < 4.78 is 5.68. The lowest BCUT2D eigenvalue weighted by atomic mass is 10.0. The highest BCUT2D eigenvalue weighted by Gasteiger charge is 2.16. The summed E-state index contributed by atoms with van der Waals surface area (Å²) in [6, 6.07) is 6.19. The summed E-state index contributed by atoms with van der Waals surface area (Å²) >= 11 is 0. The summed E-state index contributed by atoms with van der Waals surface area (Å²) in [7, 11) is 0. The van der Waals surface area contributed by atoms with Crippen LogP contribution >= 0.6 is 0 Å². The molecule has 0 spiro atoms. The van der Waals surface area contributed by atoms with Gasteiger partial charge in [-0.3, -0.25) is 0 Å². The van der Waals surface area contributed by atoms with Crippen molar-refractivity contribution in [3.05, 3.63) is 34.9 Å². The van der Waals surface area contributed by atoms with E-state index in [1.165, 1.54) is 31.2 Å². The highest BCUT2D eigenvalue weighted by Crippen LogP contribution is 2.25. The van der Waals surface area contributed by atoms with Crippen LogP contribution in [0.25, 0.3) is 0 Å². The van der Waals surface area contributed by atoms with Gasteiger partial charge in [-0.15, -0.1) is 0 Å². The van der Waals surface area contributed by atoms with Crippen LogP contribution in [0.4, 0.5) is 0 Å². The van der Waals surface area contributed by atoms with Crippen LogP contribution in [-0.4, -0.2) is 18.3 Å². The SMILES string of the molecule is Cc1ccc(C)c(C(O)COCC2CCCC2)c1. The van der Waals surface area contributed by atoms with E-state index in [2.05, 4.69) is 25.1 Å².